The van der Waals surface area contributed by atoms with Crippen LogP contribution >= 0.6 is 0 Å². The van der Waals surface area contributed by atoms with Crippen LogP contribution in [0.4, 0.5) is 0 Å². The summed E-state index contributed by atoms with van der Waals surface area (Å²) in [4.78, 5) is 26.8. The molecular weight excluding hydrogens is 268 g/mol. The molecule has 0 radical (unpaired) electrons. The summed E-state index contributed by atoms with van der Waals surface area (Å²) in [5.74, 6) is 1.43. The van der Waals surface area contributed by atoms with Crippen molar-refractivity contribution >= 4 is 11.9 Å². The van der Waals surface area contributed by atoms with Gasteiger partial charge in [-0.25, -0.2) is 0 Å². The number of aliphatic carboxylic acids is 1. The highest BCUT2D eigenvalue weighted by molar-refractivity contribution is 5.80. The Labute approximate surface area is 127 Å². The van der Waals surface area contributed by atoms with Gasteiger partial charge in [0.2, 0.25) is 5.91 Å². The smallest absolute Gasteiger partial charge is 0.317 e. The lowest BCUT2D eigenvalue weighted by atomic mass is 9.93. The Balaban J connectivity index is 2.70. The second-order valence-electron chi connectivity index (χ2n) is 5.93. The summed E-state index contributed by atoms with van der Waals surface area (Å²) in [5, 5.41) is 8.88. The van der Waals surface area contributed by atoms with E-state index in [1.165, 1.54) is 11.3 Å². The zero-order valence-electron chi connectivity index (χ0n) is 13.0. The van der Waals surface area contributed by atoms with Crippen molar-refractivity contribution in [2.75, 3.05) is 19.6 Å². The van der Waals surface area contributed by atoms with E-state index in [4.69, 9.17) is 11.5 Å². The Morgan fingerprint density at radius 3 is 2.33 bits per heavy atom. The summed E-state index contributed by atoms with van der Waals surface area (Å²) in [6.45, 7) is 4.07. The highest BCUT2D eigenvalue weighted by atomic mass is 16.4. The van der Waals surface area contributed by atoms with E-state index < -0.39 is 5.97 Å². The van der Waals surface area contributed by atoms with Crippen molar-refractivity contribution in [2.24, 2.45) is 0 Å². The summed E-state index contributed by atoms with van der Waals surface area (Å²) >= 11 is 0. The number of amides is 1. The summed E-state index contributed by atoms with van der Waals surface area (Å²) in [6.07, 6.45) is 10.9. The van der Waals surface area contributed by atoms with Crippen molar-refractivity contribution in [1.29, 1.82) is 0 Å². The maximum Gasteiger partial charge on any atom is 0.317 e. The molecule has 0 aromatic rings. The van der Waals surface area contributed by atoms with E-state index >= 15 is 0 Å². The number of carboxylic acid groups (broad SMARTS) is 1. The SMILES string of the molecule is C#CCN(CC(=O)O)CC(=O)N(C(C)C)C1CCCCC1. The van der Waals surface area contributed by atoms with Crippen LogP contribution in [0.15, 0.2) is 0 Å². The van der Waals surface area contributed by atoms with E-state index in [-0.39, 0.29) is 37.6 Å². The van der Waals surface area contributed by atoms with Gasteiger partial charge in [0.1, 0.15) is 0 Å². The zero-order chi connectivity index (χ0) is 15.8. The largest absolute Gasteiger partial charge is 0.480 e. The van der Waals surface area contributed by atoms with Crippen LogP contribution in [0.1, 0.15) is 46.0 Å². The van der Waals surface area contributed by atoms with Gasteiger partial charge in [0.05, 0.1) is 19.6 Å². The van der Waals surface area contributed by atoms with Crippen LogP contribution in [0.3, 0.4) is 0 Å². The molecule has 1 amide bonds. The van der Waals surface area contributed by atoms with E-state index in [1.807, 2.05) is 18.7 Å². The number of hydrogen-bond acceptors (Lipinski definition) is 3. The minimum Gasteiger partial charge on any atom is -0.480 e. The highest BCUT2D eigenvalue weighted by Crippen LogP contribution is 2.24. The van der Waals surface area contributed by atoms with Crippen LogP contribution in [0.5, 0.6) is 0 Å². The fourth-order valence-corrected chi connectivity index (χ4v) is 3.03. The number of nitrogens with zero attached hydrogens (tertiary/aromatic N) is 2. The first kappa shape index (κ1) is 17.5. The second-order valence-corrected chi connectivity index (χ2v) is 5.93. The van der Waals surface area contributed by atoms with Gasteiger partial charge in [-0.05, 0) is 26.7 Å². The lowest BCUT2D eigenvalue weighted by Crippen LogP contribution is -2.50. The van der Waals surface area contributed by atoms with Gasteiger partial charge in [-0.2, -0.15) is 0 Å². The first-order chi connectivity index (χ1) is 9.95. The van der Waals surface area contributed by atoms with Crippen LogP contribution in [-0.2, 0) is 9.59 Å². The van der Waals surface area contributed by atoms with E-state index in [0.29, 0.717) is 0 Å². The fourth-order valence-electron chi connectivity index (χ4n) is 3.03. The lowest BCUT2D eigenvalue weighted by molar-refractivity contribution is -0.141. The van der Waals surface area contributed by atoms with Gasteiger partial charge >= 0.3 is 5.97 Å². The Kier molecular flexibility index (Phi) is 7.24. The molecule has 1 aliphatic rings. The van der Waals surface area contributed by atoms with Gasteiger partial charge < -0.3 is 10.0 Å². The number of carbonyl (C=O) groups excluding carboxylic acids is 1. The molecule has 0 aliphatic heterocycles. The zero-order valence-corrected chi connectivity index (χ0v) is 13.0. The molecule has 0 saturated heterocycles. The van der Waals surface area contributed by atoms with Crippen molar-refractivity contribution < 1.29 is 14.7 Å². The molecule has 5 heteroatoms. The molecule has 1 saturated carbocycles. The summed E-state index contributed by atoms with van der Waals surface area (Å²) in [7, 11) is 0. The van der Waals surface area contributed by atoms with Crippen molar-refractivity contribution in [3.8, 4) is 12.3 Å². The monoisotopic (exact) mass is 294 g/mol. The molecule has 5 nitrogen and oxygen atoms in total. The molecular formula is C16H26N2O3. The topological polar surface area (TPSA) is 60.9 Å². The maximum absolute atomic E-state index is 12.6. The predicted molar refractivity (Wildman–Crippen MR) is 81.8 cm³/mol. The van der Waals surface area contributed by atoms with Gasteiger partial charge in [0.25, 0.3) is 0 Å². The molecule has 1 fully saturated rings. The Morgan fingerprint density at radius 1 is 1.24 bits per heavy atom. The molecule has 0 aromatic heterocycles. The molecule has 0 atom stereocenters. The third-order valence-corrected chi connectivity index (χ3v) is 3.85. The van der Waals surface area contributed by atoms with Crippen LogP contribution in [0, 0.1) is 12.3 Å². The Bertz CT molecular complexity index is 395. The maximum atomic E-state index is 12.6. The molecule has 1 rings (SSSR count). The Hall–Kier alpha value is -1.54. The number of rotatable bonds is 7. The fraction of sp³-hybridized carbons (Fsp3) is 0.750. The van der Waals surface area contributed by atoms with Crippen molar-refractivity contribution in [2.45, 2.75) is 58.0 Å². The standard InChI is InChI=1S/C16H26N2O3/c1-4-10-17(12-16(20)21)11-15(19)18(13(2)3)14-8-6-5-7-9-14/h1,13-14H,5-12H2,2-3H3,(H,20,21). The normalized spacial score (nSPS) is 16.0. The van der Waals surface area contributed by atoms with Crippen LogP contribution in [0.25, 0.3) is 0 Å². The van der Waals surface area contributed by atoms with Crippen LogP contribution < -0.4 is 0 Å². The third-order valence-electron chi connectivity index (χ3n) is 3.85. The molecule has 1 N–H and O–H groups in total. The minimum absolute atomic E-state index is 0.0200. The average molecular weight is 294 g/mol. The predicted octanol–water partition coefficient (Wildman–Crippen LogP) is 1.58. The van der Waals surface area contributed by atoms with Gasteiger partial charge in [-0.3, -0.25) is 14.5 Å². The summed E-state index contributed by atoms with van der Waals surface area (Å²) in [6, 6.07) is 0.405. The summed E-state index contributed by atoms with van der Waals surface area (Å²) < 4.78 is 0. The molecule has 1 aliphatic carbocycles. The number of carboxylic acids is 1. The van der Waals surface area contributed by atoms with Crippen LogP contribution in [0.2, 0.25) is 0 Å². The molecule has 0 heterocycles. The molecule has 0 aromatic carbocycles. The number of hydrogen-bond donors (Lipinski definition) is 1. The second kappa shape index (κ2) is 8.68. The Morgan fingerprint density at radius 2 is 1.86 bits per heavy atom. The summed E-state index contributed by atoms with van der Waals surface area (Å²) in [5.41, 5.74) is 0. The molecule has 21 heavy (non-hydrogen) atoms. The van der Waals surface area contributed by atoms with E-state index in [9.17, 15) is 9.59 Å². The van der Waals surface area contributed by atoms with Crippen molar-refractivity contribution in [3.05, 3.63) is 0 Å². The van der Waals surface area contributed by atoms with E-state index in [2.05, 4.69) is 5.92 Å². The average Bonchev–Trinajstić information content (AvgIpc) is 2.39. The van der Waals surface area contributed by atoms with Gasteiger partial charge in [0, 0.05) is 12.1 Å². The van der Waals surface area contributed by atoms with Crippen LogP contribution in [-0.4, -0.2) is 58.5 Å². The molecule has 118 valence electrons. The van der Waals surface area contributed by atoms with E-state index in [1.54, 1.807) is 0 Å². The molecule has 0 unspecified atom stereocenters. The first-order valence-corrected chi connectivity index (χ1v) is 7.64. The van der Waals surface area contributed by atoms with Gasteiger partial charge in [-0.15, -0.1) is 6.42 Å². The number of terminal acetylenes is 1. The van der Waals surface area contributed by atoms with Crippen molar-refractivity contribution in [3.63, 3.8) is 0 Å². The minimum atomic E-state index is -0.966. The van der Waals surface area contributed by atoms with Gasteiger partial charge in [0.15, 0.2) is 0 Å². The first-order valence-electron chi connectivity index (χ1n) is 7.64. The molecule has 0 spiro atoms. The number of carbonyl (C=O) groups is 2. The molecule has 0 bridgehead atoms. The quantitative estimate of drug-likeness (QED) is 0.724. The van der Waals surface area contributed by atoms with Gasteiger partial charge in [-0.1, -0.05) is 25.2 Å². The lowest BCUT2D eigenvalue weighted by Gasteiger charge is -2.38. The highest BCUT2D eigenvalue weighted by Gasteiger charge is 2.28. The van der Waals surface area contributed by atoms with Crippen molar-refractivity contribution in [1.82, 2.24) is 9.80 Å². The third kappa shape index (κ3) is 5.76. The van der Waals surface area contributed by atoms with E-state index in [0.717, 1.165) is 25.7 Å².